The second kappa shape index (κ2) is 11.0. The minimum atomic E-state index is -1.03. The molecule has 0 saturated carbocycles. The fraction of sp³-hybridized carbons (Fsp3) is 0.407. The normalized spacial score (nSPS) is 23.4. The first kappa shape index (κ1) is 26.2. The summed E-state index contributed by atoms with van der Waals surface area (Å²) in [6.07, 6.45) is 1.58. The molecular formula is C27H30FNO6S. The maximum absolute atomic E-state index is 13.6. The quantitative estimate of drug-likeness (QED) is 0.301. The second-order valence-corrected chi connectivity index (χ2v) is 10.5. The Kier molecular flexibility index (Phi) is 8.04. The zero-order valence-corrected chi connectivity index (χ0v) is 20.7. The summed E-state index contributed by atoms with van der Waals surface area (Å²) in [5, 5.41) is 42.7. The molecule has 2 aromatic rings. The van der Waals surface area contributed by atoms with Gasteiger partial charge in [-0.15, -0.1) is 11.3 Å². The molecule has 1 aromatic heterocycles. The number of hydrogen-bond donors (Lipinski definition) is 4. The van der Waals surface area contributed by atoms with E-state index in [1.807, 2.05) is 24.4 Å². The van der Waals surface area contributed by atoms with E-state index in [0.717, 1.165) is 10.5 Å². The SMILES string of the molecule is C/C(=C\c1ccc(O)c(F)c1)CC[C@@H](O)C1=C(CO)C[C@H]2C(=O)N(Cc3cccs3)C(=O)[C@H]2[C@H]1CO. The van der Waals surface area contributed by atoms with Crippen LogP contribution in [0.3, 0.4) is 0 Å². The first-order valence-corrected chi connectivity index (χ1v) is 12.8. The largest absolute Gasteiger partial charge is 0.505 e. The Morgan fingerprint density at radius 3 is 2.67 bits per heavy atom. The number of fused-ring (bicyclic) bond motifs is 1. The van der Waals surface area contributed by atoms with Crippen LogP contribution in [0, 0.1) is 23.6 Å². The number of aliphatic hydroxyl groups excluding tert-OH is 3. The molecule has 192 valence electrons. The van der Waals surface area contributed by atoms with Crippen molar-refractivity contribution in [3.8, 4) is 5.75 Å². The number of thiophene rings is 1. The third-order valence-electron chi connectivity index (χ3n) is 7.11. The predicted octanol–water partition coefficient (Wildman–Crippen LogP) is 3.24. The predicted molar refractivity (Wildman–Crippen MR) is 133 cm³/mol. The first-order valence-electron chi connectivity index (χ1n) is 11.9. The monoisotopic (exact) mass is 515 g/mol. The molecule has 1 saturated heterocycles. The zero-order valence-electron chi connectivity index (χ0n) is 19.9. The first-order chi connectivity index (χ1) is 17.2. The van der Waals surface area contributed by atoms with Gasteiger partial charge in [0.2, 0.25) is 11.8 Å². The number of phenolic OH excluding ortho intramolecular Hbond substituents is 1. The number of amides is 2. The van der Waals surface area contributed by atoms with E-state index in [1.54, 1.807) is 12.1 Å². The number of halogens is 1. The summed E-state index contributed by atoms with van der Waals surface area (Å²) >= 11 is 1.45. The summed E-state index contributed by atoms with van der Waals surface area (Å²) < 4.78 is 13.6. The molecule has 7 nitrogen and oxygen atoms in total. The molecule has 2 amide bonds. The van der Waals surface area contributed by atoms with Crippen molar-refractivity contribution in [2.45, 2.75) is 38.8 Å². The minimum absolute atomic E-state index is 0.164. The Hall–Kier alpha value is -2.85. The highest BCUT2D eigenvalue weighted by Crippen LogP contribution is 2.46. The molecule has 2 heterocycles. The van der Waals surface area contributed by atoms with E-state index in [0.29, 0.717) is 23.1 Å². The van der Waals surface area contributed by atoms with E-state index >= 15 is 0 Å². The molecule has 0 bridgehead atoms. The molecule has 36 heavy (non-hydrogen) atoms. The van der Waals surface area contributed by atoms with Crippen LogP contribution in [-0.2, 0) is 16.1 Å². The zero-order chi connectivity index (χ0) is 26.0. The number of carbonyl (C=O) groups excluding carboxylic acids is 2. The van der Waals surface area contributed by atoms with E-state index in [4.69, 9.17) is 0 Å². The van der Waals surface area contributed by atoms with Crippen LogP contribution in [0.25, 0.3) is 6.08 Å². The Balaban J connectivity index is 1.52. The second-order valence-electron chi connectivity index (χ2n) is 9.44. The van der Waals surface area contributed by atoms with Gasteiger partial charge in [-0.2, -0.15) is 0 Å². The van der Waals surface area contributed by atoms with E-state index in [-0.39, 0.29) is 37.8 Å². The Morgan fingerprint density at radius 1 is 1.25 bits per heavy atom. The minimum Gasteiger partial charge on any atom is -0.505 e. The lowest BCUT2D eigenvalue weighted by Gasteiger charge is -2.36. The van der Waals surface area contributed by atoms with Gasteiger partial charge in [-0.1, -0.05) is 23.8 Å². The number of rotatable bonds is 9. The topological polar surface area (TPSA) is 118 Å². The molecule has 0 radical (unpaired) electrons. The molecule has 1 aromatic carbocycles. The molecule has 0 spiro atoms. The highest BCUT2D eigenvalue weighted by atomic mass is 32.1. The van der Waals surface area contributed by atoms with Gasteiger partial charge in [0.15, 0.2) is 11.6 Å². The number of carbonyl (C=O) groups is 2. The molecular weight excluding hydrogens is 485 g/mol. The van der Waals surface area contributed by atoms with Crippen LogP contribution in [0.5, 0.6) is 5.75 Å². The van der Waals surface area contributed by atoms with Gasteiger partial charge in [0.05, 0.1) is 37.7 Å². The van der Waals surface area contributed by atoms with Gasteiger partial charge in [-0.25, -0.2) is 4.39 Å². The number of imide groups is 1. The van der Waals surface area contributed by atoms with Crippen molar-refractivity contribution in [1.82, 2.24) is 4.90 Å². The molecule has 4 N–H and O–H groups in total. The van der Waals surface area contributed by atoms with Crippen molar-refractivity contribution in [3.05, 3.63) is 68.7 Å². The van der Waals surface area contributed by atoms with Gasteiger partial charge in [0, 0.05) is 10.8 Å². The molecule has 4 rings (SSSR count). The average Bonchev–Trinajstić information content (AvgIpc) is 3.46. The average molecular weight is 516 g/mol. The van der Waals surface area contributed by atoms with Gasteiger partial charge in [0.25, 0.3) is 0 Å². The van der Waals surface area contributed by atoms with E-state index in [2.05, 4.69) is 0 Å². The number of benzene rings is 1. The summed E-state index contributed by atoms with van der Waals surface area (Å²) in [4.78, 5) is 28.5. The van der Waals surface area contributed by atoms with Crippen molar-refractivity contribution in [1.29, 1.82) is 0 Å². The Labute approximate surface area is 212 Å². The third-order valence-corrected chi connectivity index (χ3v) is 7.97. The van der Waals surface area contributed by atoms with Crippen LogP contribution in [0.2, 0.25) is 0 Å². The summed E-state index contributed by atoms with van der Waals surface area (Å²) in [7, 11) is 0. The van der Waals surface area contributed by atoms with E-state index < -0.39 is 42.0 Å². The molecule has 4 atom stereocenters. The van der Waals surface area contributed by atoms with Crippen molar-refractivity contribution < 1.29 is 34.4 Å². The smallest absolute Gasteiger partial charge is 0.234 e. The van der Waals surface area contributed by atoms with Crippen molar-refractivity contribution in [2.24, 2.45) is 17.8 Å². The highest BCUT2D eigenvalue weighted by molar-refractivity contribution is 7.09. The van der Waals surface area contributed by atoms with Crippen LogP contribution in [0.1, 0.15) is 36.6 Å². The summed E-state index contributed by atoms with van der Waals surface area (Å²) in [5.41, 5.74) is 2.35. The van der Waals surface area contributed by atoms with E-state index in [1.165, 1.54) is 28.4 Å². The molecule has 0 unspecified atom stereocenters. The number of hydrogen-bond acceptors (Lipinski definition) is 7. The lowest BCUT2D eigenvalue weighted by Crippen LogP contribution is -2.39. The fourth-order valence-electron chi connectivity index (χ4n) is 5.37. The van der Waals surface area contributed by atoms with Crippen LogP contribution in [0.4, 0.5) is 4.39 Å². The standard InChI is InChI=1S/C27H30FNO6S/c1-15(9-16-5-7-22(32)21(28)10-16)4-6-23(33)24-17(13-30)11-19-25(20(24)14-31)27(35)29(26(19)34)12-18-3-2-8-36-18/h2-3,5,7-10,19-20,23,25,30-33H,4,6,11-14H2,1H3/b15-9+/t19-,20+,23-,25-/m1/s1. The maximum Gasteiger partial charge on any atom is 0.234 e. The fourth-order valence-corrected chi connectivity index (χ4v) is 6.07. The molecule has 2 aliphatic rings. The van der Waals surface area contributed by atoms with Gasteiger partial charge >= 0.3 is 0 Å². The summed E-state index contributed by atoms with van der Waals surface area (Å²) in [6.45, 7) is 1.21. The summed E-state index contributed by atoms with van der Waals surface area (Å²) in [6, 6.07) is 7.77. The number of likely N-dealkylation sites (tertiary alicyclic amines) is 1. The molecule has 1 aliphatic heterocycles. The Bertz CT molecular complexity index is 1190. The maximum atomic E-state index is 13.6. The lowest BCUT2D eigenvalue weighted by atomic mass is 9.68. The Morgan fingerprint density at radius 2 is 2.03 bits per heavy atom. The molecule has 1 fully saturated rings. The number of phenols is 1. The third kappa shape index (κ3) is 5.15. The van der Waals surface area contributed by atoms with Crippen LogP contribution in [-0.4, -0.2) is 56.5 Å². The lowest BCUT2D eigenvalue weighted by molar-refractivity contribution is -0.140. The van der Waals surface area contributed by atoms with Crippen LogP contribution >= 0.6 is 11.3 Å². The van der Waals surface area contributed by atoms with Crippen molar-refractivity contribution in [3.63, 3.8) is 0 Å². The van der Waals surface area contributed by atoms with Crippen molar-refractivity contribution >= 4 is 29.2 Å². The van der Waals surface area contributed by atoms with Gasteiger partial charge in [0.1, 0.15) is 0 Å². The van der Waals surface area contributed by atoms with Gasteiger partial charge in [-0.05, 0) is 66.5 Å². The number of nitrogens with zero attached hydrogens (tertiary/aromatic N) is 1. The summed E-state index contributed by atoms with van der Waals surface area (Å²) in [5.74, 6) is -4.02. The molecule has 1 aliphatic carbocycles. The number of allylic oxidation sites excluding steroid dienone is 1. The number of aliphatic hydroxyl groups is 3. The number of aromatic hydroxyl groups is 1. The van der Waals surface area contributed by atoms with Crippen molar-refractivity contribution in [2.75, 3.05) is 13.2 Å². The molecule has 9 heteroatoms. The van der Waals surface area contributed by atoms with Crippen LogP contribution < -0.4 is 0 Å². The van der Waals surface area contributed by atoms with Crippen LogP contribution in [0.15, 0.2) is 52.4 Å². The van der Waals surface area contributed by atoms with Gasteiger partial charge < -0.3 is 20.4 Å². The van der Waals surface area contributed by atoms with E-state index in [9.17, 15) is 34.4 Å². The van der Waals surface area contributed by atoms with Gasteiger partial charge in [-0.3, -0.25) is 14.5 Å². The highest BCUT2D eigenvalue weighted by Gasteiger charge is 2.54.